The van der Waals surface area contributed by atoms with E-state index >= 15 is 0 Å². The van der Waals surface area contributed by atoms with Crippen LogP contribution < -0.4 is 5.32 Å². The van der Waals surface area contributed by atoms with E-state index < -0.39 is 6.09 Å². The van der Waals surface area contributed by atoms with Crippen LogP contribution in [0, 0.1) is 0 Å². The largest absolute Gasteiger partial charge is 0.465 e. The van der Waals surface area contributed by atoms with Crippen molar-refractivity contribution in [2.24, 2.45) is 0 Å². The summed E-state index contributed by atoms with van der Waals surface area (Å²) in [7, 11) is 0. The first kappa shape index (κ1) is 9.65. The maximum atomic E-state index is 10.1. The Morgan fingerprint density at radius 3 is 2.54 bits per heavy atom. The highest BCUT2D eigenvalue weighted by atomic mass is 32.2. The maximum Gasteiger partial charge on any atom is 0.405 e. The molecule has 0 saturated heterocycles. The number of amides is 1. The molecule has 0 unspecified atom stereocenters. The number of carbonyl (C=O) groups is 1. The first-order valence-electron chi connectivity index (χ1n) is 3.29. The summed E-state index contributed by atoms with van der Waals surface area (Å²) in [6.45, 7) is 0.0179. The Bertz CT molecular complexity index is 289. The van der Waals surface area contributed by atoms with Crippen LogP contribution in [0.25, 0.3) is 0 Å². The zero-order valence-electron chi connectivity index (χ0n) is 6.76. The van der Waals surface area contributed by atoms with E-state index in [0.717, 1.165) is 0 Å². The molecule has 70 valence electrons. The smallest absolute Gasteiger partial charge is 0.405 e. The second-order valence-electron chi connectivity index (χ2n) is 1.96. The van der Waals surface area contributed by atoms with Gasteiger partial charge in [-0.05, 0) is 6.26 Å². The molecule has 1 rings (SSSR count). The molecule has 0 fully saturated rings. The summed E-state index contributed by atoms with van der Waals surface area (Å²) in [4.78, 5) is 10.1. The Balaban J connectivity index is 2.54. The molecule has 0 spiro atoms. The fraction of sp³-hybridized carbons (Fsp3) is 0.400. The molecular formula is C5H7N5O2S. The summed E-state index contributed by atoms with van der Waals surface area (Å²) >= 11 is 1.32. The van der Waals surface area contributed by atoms with E-state index in [1.54, 1.807) is 6.26 Å². The van der Waals surface area contributed by atoms with E-state index in [2.05, 4.69) is 25.7 Å². The van der Waals surface area contributed by atoms with Gasteiger partial charge in [-0.1, -0.05) is 11.8 Å². The third kappa shape index (κ3) is 3.20. The fourth-order valence-electron chi connectivity index (χ4n) is 0.548. The minimum Gasteiger partial charge on any atom is -0.465 e. The van der Waals surface area contributed by atoms with E-state index in [-0.39, 0.29) is 12.4 Å². The molecule has 0 bridgehead atoms. The van der Waals surface area contributed by atoms with Gasteiger partial charge in [0.25, 0.3) is 0 Å². The van der Waals surface area contributed by atoms with Crippen LogP contribution in [0.1, 0.15) is 5.82 Å². The van der Waals surface area contributed by atoms with Gasteiger partial charge in [-0.25, -0.2) is 4.79 Å². The summed E-state index contributed by atoms with van der Waals surface area (Å²) in [5, 5.41) is 25.5. The minimum atomic E-state index is -1.13. The maximum absolute atomic E-state index is 10.1. The third-order valence-electron chi connectivity index (χ3n) is 1.08. The Morgan fingerprint density at radius 1 is 1.46 bits per heavy atom. The van der Waals surface area contributed by atoms with Gasteiger partial charge in [0.15, 0.2) is 5.82 Å². The highest BCUT2D eigenvalue weighted by Crippen LogP contribution is 2.02. The number of thioether (sulfide) groups is 1. The zero-order chi connectivity index (χ0) is 9.68. The molecule has 7 nitrogen and oxygen atoms in total. The van der Waals surface area contributed by atoms with Gasteiger partial charge >= 0.3 is 6.09 Å². The molecule has 0 aliphatic carbocycles. The van der Waals surface area contributed by atoms with Crippen LogP contribution in [0.5, 0.6) is 0 Å². The first-order chi connectivity index (χ1) is 6.22. The van der Waals surface area contributed by atoms with Gasteiger partial charge in [0.05, 0.1) is 6.54 Å². The van der Waals surface area contributed by atoms with Crippen LogP contribution in [0.4, 0.5) is 4.79 Å². The van der Waals surface area contributed by atoms with Gasteiger partial charge in [0.1, 0.15) is 0 Å². The van der Waals surface area contributed by atoms with Gasteiger partial charge in [-0.15, -0.1) is 20.4 Å². The average Bonchev–Trinajstić information content (AvgIpc) is 2.15. The monoisotopic (exact) mass is 201 g/mol. The van der Waals surface area contributed by atoms with Crippen LogP contribution in [0.2, 0.25) is 0 Å². The number of aromatic nitrogens is 4. The molecule has 0 aromatic carbocycles. The molecule has 1 amide bonds. The van der Waals surface area contributed by atoms with Crippen molar-refractivity contribution in [3.8, 4) is 0 Å². The summed E-state index contributed by atoms with van der Waals surface area (Å²) in [6.07, 6.45) is 0.672. The standard InChI is InChI=1S/C5H7N5O2S/c1-13-4-9-7-3(8-10-4)2-6-5(11)12/h6H,2H2,1H3,(H,11,12). The molecular weight excluding hydrogens is 194 g/mol. The van der Waals surface area contributed by atoms with E-state index in [9.17, 15) is 4.79 Å². The van der Waals surface area contributed by atoms with Crippen molar-refractivity contribution < 1.29 is 9.90 Å². The van der Waals surface area contributed by atoms with Gasteiger partial charge in [-0.3, -0.25) is 0 Å². The van der Waals surface area contributed by atoms with Crippen LogP contribution >= 0.6 is 11.8 Å². The minimum absolute atomic E-state index is 0.0179. The van der Waals surface area contributed by atoms with Gasteiger partial charge in [0.2, 0.25) is 5.16 Å². The number of hydrogen-bond acceptors (Lipinski definition) is 6. The lowest BCUT2D eigenvalue weighted by atomic mass is 10.6. The van der Waals surface area contributed by atoms with Crippen molar-refractivity contribution in [3.05, 3.63) is 5.82 Å². The van der Waals surface area contributed by atoms with Crippen molar-refractivity contribution in [1.29, 1.82) is 0 Å². The zero-order valence-corrected chi connectivity index (χ0v) is 7.58. The van der Waals surface area contributed by atoms with Crippen LogP contribution in [-0.2, 0) is 6.54 Å². The van der Waals surface area contributed by atoms with E-state index in [0.29, 0.717) is 5.16 Å². The molecule has 0 radical (unpaired) electrons. The molecule has 0 aliphatic heterocycles. The number of nitrogens with one attached hydrogen (secondary N) is 1. The number of nitrogens with zero attached hydrogens (tertiary/aromatic N) is 4. The Kier molecular flexibility index (Phi) is 3.38. The second-order valence-corrected chi connectivity index (χ2v) is 2.74. The molecule has 0 atom stereocenters. The van der Waals surface area contributed by atoms with Gasteiger partial charge in [-0.2, -0.15) is 0 Å². The molecule has 2 N–H and O–H groups in total. The van der Waals surface area contributed by atoms with Crippen molar-refractivity contribution in [1.82, 2.24) is 25.7 Å². The van der Waals surface area contributed by atoms with Gasteiger partial charge < -0.3 is 10.4 Å². The fourth-order valence-corrected chi connectivity index (χ4v) is 0.793. The molecule has 0 saturated carbocycles. The van der Waals surface area contributed by atoms with Crippen LogP contribution in [-0.4, -0.2) is 37.9 Å². The molecule has 13 heavy (non-hydrogen) atoms. The van der Waals surface area contributed by atoms with Crippen molar-refractivity contribution in [2.75, 3.05) is 6.26 Å². The predicted molar refractivity (Wildman–Crippen MR) is 44.3 cm³/mol. The highest BCUT2D eigenvalue weighted by Gasteiger charge is 2.01. The summed E-state index contributed by atoms with van der Waals surface area (Å²) in [6, 6.07) is 0. The number of rotatable bonds is 3. The lowest BCUT2D eigenvalue weighted by molar-refractivity contribution is 0.193. The van der Waals surface area contributed by atoms with E-state index in [4.69, 9.17) is 5.11 Å². The predicted octanol–water partition coefficient (Wildman–Crippen LogP) is -0.244. The third-order valence-corrected chi connectivity index (χ3v) is 1.61. The second kappa shape index (κ2) is 4.55. The normalized spacial score (nSPS) is 9.62. The highest BCUT2D eigenvalue weighted by molar-refractivity contribution is 7.98. The first-order valence-corrected chi connectivity index (χ1v) is 4.52. The molecule has 1 aromatic heterocycles. The van der Waals surface area contributed by atoms with Crippen LogP contribution in [0.15, 0.2) is 5.16 Å². The Hall–Kier alpha value is -1.44. The molecule has 1 heterocycles. The summed E-state index contributed by atoms with van der Waals surface area (Å²) < 4.78 is 0. The summed E-state index contributed by atoms with van der Waals surface area (Å²) in [5.74, 6) is 0.250. The lowest BCUT2D eigenvalue weighted by Crippen LogP contribution is -2.22. The average molecular weight is 201 g/mol. The van der Waals surface area contributed by atoms with E-state index in [1.165, 1.54) is 11.8 Å². The number of hydrogen-bond donors (Lipinski definition) is 2. The summed E-state index contributed by atoms with van der Waals surface area (Å²) in [5.41, 5.74) is 0. The Morgan fingerprint density at radius 2 is 2.08 bits per heavy atom. The van der Waals surface area contributed by atoms with E-state index in [1.807, 2.05) is 0 Å². The van der Waals surface area contributed by atoms with Crippen molar-refractivity contribution >= 4 is 17.9 Å². The molecule has 1 aromatic rings. The number of carboxylic acid groups (broad SMARTS) is 1. The SMILES string of the molecule is CSc1nnc(CNC(=O)O)nn1. The van der Waals surface area contributed by atoms with Crippen molar-refractivity contribution in [2.45, 2.75) is 11.7 Å². The Labute approximate surface area is 78.0 Å². The molecule has 8 heteroatoms. The van der Waals surface area contributed by atoms with Crippen molar-refractivity contribution in [3.63, 3.8) is 0 Å². The quantitative estimate of drug-likeness (QED) is 0.650. The van der Waals surface area contributed by atoms with Gasteiger partial charge in [0, 0.05) is 0 Å². The topological polar surface area (TPSA) is 101 Å². The molecule has 0 aliphatic rings. The lowest BCUT2D eigenvalue weighted by Gasteiger charge is -1.97. The van der Waals surface area contributed by atoms with Crippen LogP contribution in [0.3, 0.4) is 0 Å².